The molecule has 1 atom stereocenters. The molecule has 0 aliphatic carbocycles. The Morgan fingerprint density at radius 2 is 1.87 bits per heavy atom. The zero-order valence-corrected chi connectivity index (χ0v) is 14.4. The van der Waals surface area contributed by atoms with Gasteiger partial charge < -0.3 is 9.05 Å². The van der Waals surface area contributed by atoms with Gasteiger partial charge in [0.05, 0.1) is 18.1 Å². The fourth-order valence-electron chi connectivity index (χ4n) is 2.88. The highest BCUT2D eigenvalue weighted by molar-refractivity contribution is 7.54. The number of nitrogens with zero attached hydrogens (tertiary/aromatic N) is 2. The predicted molar refractivity (Wildman–Crippen MR) is 87.4 cm³/mol. The van der Waals surface area contributed by atoms with Crippen molar-refractivity contribution in [2.24, 2.45) is 0 Å². The molecule has 1 saturated heterocycles. The van der Waals surface area contributed by atoms with Crippen molar-refractivity contribution < 1.29 is 18.5 Å². The van der Waals surface area contributed by atoms with Crippen LogP contribution in [0, 0.1) is 10.1 Å². The van der Waals surface area contributed by atoms with E-state index in [4.69, 9.17) is 9.05 Å². The highest BCUT2D eigenvalue weighted by atomic mass is 31.2. The zero-order chi connectivity index (χ0) is 16.9. The van der Waals surface area contributed by atoms with E-state index in [2.05, 4.69) is 4.90 Å². The van der Waals surface area contributed by atoms with Crippen LogP contribution < -0.4 is 0 Å². The molecular formula is C15H23N2O5P. The van der Waals surface area contributed by atoms with Crippen molar-refractivity contribution in [2.75, 3.05) is 19.8 Å². The molecule has 2 rings (SSSR count). The molecule has 1 unspecified atom stereocenters. The highest BCUT2D eigenvalue weighted by Crippen LogP contribution is 2.57. The number of nitro benzene ring substituents is 1. The van der Waals surface area contributed by atoms with Gasteiger partial charge in [0.25, 0.3) is 5.69 Å². The monoisotopic (exact) mass is 342 g/mol. The summed E-state index contributed by atoms with van der Waals surface area (Å²) in [6.45, 7) is 5.69. The van der Waals surface area contributed by atoms with Crippen LogP contribution in [0.15, 0.2) is 24.3 Å². The Bertz CT molecular complexity index is 568. The molecule has 0 radical (unpaired) electrons. The van der Waals surface area contributed by atoms with Crippen molar-refractivity contribution in [1.29, 1.82) is 0 Å². The van der Waals surface area contributed by atoms with Crippen LogP contribution in [0.2, 0.25) is 0 Å². The Kier molecular flexibility index (Phi) is 6.30. The standard InChI is InChI=1S/C15H23N2O5P/c1-3-21-23(20,22-4-2)15-6-5-11-16(15)12-13-7-9-14(10-8-13)17(18)19/h7-10,15H,3-6,11-12H2,1-2H3. The van der Waals surface area contributed by atoms with Crippen LogP contribution in [0.5, 0.6) is 0 Å². The minimum Gasteiger partial charge on any atom is -0.308 e. The molecule has 1 aromatic rings. The summed E-state index contributed by atoms with van der Waals surface area (Å²) in [7, 11) is -3.17. The second-order valence-electron chi connectivity index (χ2n) is 5.39. The molecule has 1 fully saturated rings. The van der Waals surface area contributed by atoms with Crippen molar-refractivity contribution in [3.05, 3.63) is 39.9 Å². The van der Waals surface area contributed by atoms with Crippen LogP contribution in [-0.4, -0.2) is 35.4 Å². The summed E-state index contributed by atoms with van der Waals surface area (Å²) in [4.78, 5) is 12.4. The lowest BCUT2D eigenvalue weighted by molar-refractivity contribution is -0.384. The van der Waals surface area contributed by atoms with Crippen molar-refractivity contribution in [3.63, 3.8) is 0 Å². The molecular weight excluding hydrogens is 319 g/mol. The minimum atomic E-state index is -3.17. The van der Waals surface area contributed by atoms with Gasteiger partial charge in [-0.05, 0) is 38.8 Å². The van der Waals surface area contributed by atoms with E-state index in [0.717, 1.165) is 24.9 Å². The first kappa shape index (κ1) is 18.1. The fraction of sp³-hybridized carbons (Fsp3) is 0.600. The molecule has 0 amide bonds. The summed E-state index contributed by atoms with van der Waals surface area (Å²) >= 11 is 0. The van der Waals surface area contributed by atoms with Crippen LogP contribution in [0.4, 0.5) is 5.69 Å². The zero-order valence-electron chi connectivity index (χ0n) is 13.5. The Hall–Kier alpha value is -1.27. The molecule has 1 aliphatic heterocycles. The highest BCUT2D eigenvalue weighted by Gasteiger charge is 2.42. The first-order valence-corrected chi connectivity index (χ1v) is 9.47. The maximum absolute atomic E-state index is 13.0. The maximum Gasteiger partial charge on any atom is 0.347 e. The first-order valence-electron chi connectivity index (χ1n) is 7.86. The summed E-state index contributed by atoms with van der Waals surface area (Å²) in [6, 6.07) is 6.45. The fourth-order valence-corrected chi connectivity index (χ4v) is 5.11. The Labute approximate surface area is 136 Å². The summed E-state index contributed by atoms with van der Waals surface area (Å²) < 4.78 is 23.9. The summed E-state index contributed by atoms with van der Waals surface area (Å²) in [5.41, 5.74) is 1.02. The maximum atomic E-state index is 13.0. The van der Waals surface area contributed by atoms with Crippen molar-refractivity contribution in [2.45, 2.75) is 39.0 Å². The number of non-ortho nitro benzene ring substituents is 1. The van der Waals surface area contributed by atoms with Gasteiger partial charge in [0.2, 0.25) is 0 Å². The second-order valence-corrected chi connectivity index (χ2v) is 7.58. The van der Waals surface area contributed by atoms with E-state index in [1.54, 1.807) is 26.0 Å². The molecule has 1 aliphatic rings. The number of likely N-dealkylation sites (tertiary alicyclic amines) is 1. The van der Waals surface area contributed by atoms with Crippen LogP contribution in [0.3, 0.4) is 0 Å². The lowest BCUT2D eigenvalue weighted by atomic mass is 10.2. The third kappa shape index (κ3) is 4.38. The van der Waals surface area contributed by atoms with E-state index >= 15 is 0 Å². The number of nitro groups is 1. The summed E-state index contributed by atoms with van der Waals surface area (Å²) in [5, 5.41) is 10.7. The lowest BCUT2D eigenvalue weighted by Gasteiger charge is -2.30. The third-order valence-corrected chi connectivity index (χ3v) is 6.40. The van der Waals surface area contributed by atoms with E-state index < -0.39 is 12.5 Å². The lowest BCUT2D eigenvalue weighted by Crippen LogP contribution is -2.30. The Morgan fingerprint density at radius 1 is 1.26 bits per heavy atom. The van der Waals surface area contributed by atoms with Crippen molar-refractivity contribution in [3.8, 4) is 0 Å². The number of hydrogen-bond donors (Lipinski definition) is 0. The van der Waals surface area contributed by atoms with Crippen LogP contribution in [0.1, 0.15) is 32.3 Å². The molecule has 23 heavy (non-hydrogen) atoms. The van der Waals surface area contributed by atoms with E-state index in [1.165, 1.54) is 12.1 Å². The molecule has 0 aromatic heterocycles. The normalized spacial score (nSPS) is 19.1. The third-order valence-electron chi connectivity index (χ3n) is 3.85. The van der Waals surface area contributed by atoms with E-state index in [-0.39, 0.29) is 11.5 Å². The number of rotatable bonds is 8. The van der Waals surface area contributed by atoms with Gasteiger partial charge in [-0.1, -0.05) is 12.1 Å². The van der Waals surface area contributed by atoms with E-state index in [1.807, 2.05) is 0 Å². The number of benzene rings is 1. The molecule has 0 spiro atoms. The van der Waals surface area contributed by atoms with Crippen LogP contribution in [-0.2, 0) is 20.2 Å². The van der Waals surface area contributed by atoms with Crippen LogP contribution >= 0.6 is 7.60 Å². The van der Waals surface area contributed by atoms with Gasteiger partial charge in [0, 0.05) is 18.7 Å². The first-order chi connectivity index (χ1) is 11.0. The molecule has 0 saturated carbocycles. The predicted octanol–water partition coefficient (Wildman–Crippen LogP) is 3.78. The molecule has 0 bridgehead atoms. The van der Waals surface area contributed by atoms with Crippen molar-refractivity contribution >= 4 is 13.3 Å². The summed E-state index contributed by atoms with van der Waals surface area (Å²) in [6.07, 6.45) is 1.70. The SMILES string of the molecule is CCOP(=O)(OCC)C1CCCN1Cc1ccc([N+](=O)[O-])cc1. The van der Waals surface area contributed by atoms with Gasteiger partial charge in [0.1, 0.15) is 5.78 Å². The second kappa shape index (κ2) is 8.02. The van der Waals surface area contributed by atoms with Gasteiger partial charge in [0.15, 0.2) is 0 Å². The van der Waals surface area contributed by atoms with Gasteiger partial charge in [-0.3, -0.25) is 19.6 Å². The van der Waals surface area contributed by atoms with Gasteiger partial charge in [-0.2, -0.15) is 0 Å². The quantitative estimate of drug-likeness (QED) is 0.406. The minimum absolute atomic E-state index is 0.0704. The molecule has 8 heteroatoms. The smallest absolute Gasteiger partial charge is 0.308 e. The molecule has 0 N–H and O–H groups in total. The van der Waals surface area contributed by atoms with E-state index in [0.29, 0.717) is 19.8 Å². The molecule has 1 aromatic carbocycles. The molecule has 128 valence electrons. The van der Waals surface area contributed by atoms with Crippen LogP contribution in [0.25, 0.3) is 0 Å². The average molecular weight is 342 g/mol. The number of hydrogen-bond acceptors (Lipinski definition) is 6. The average Bonchev–Trinajstić information content (AvgIpc) is 2.97. The Balaban J connectivity index is 2.11. The topological polar surface area (TPSA) is 81.9 Å². The van der Waals surface area contributed by atoms with E-state index in [9.17, 15) is 14.7 Å². The largest absolute Gasteiger partial charge is 0.347 e. The van der Waals surface area contributed by atoms with Gasteiger partial charge in [-0.15, -0.1) is 0 Å². The van der Waals surface area contributed by atoms with Gasteiger partial charge in [-0.25, -0.2) is 0 Å². The molecule has 1 heterocycles. The Morgan fingerprint density at radius 3 is 2.39 bits per heavy atom. The molecule has 7 nitrogen and oxygen atoms in total. The van der Waals surface area contributed by atoms with Crippen molar-refractivity contribution in [1.82, 2.24) is 4.90 Å². The summed E-state index contributed by atoms with van der Waals surface area (Å²) in [5.74, 6) is -0.252. The van der Waals surface area contributed by atoms with Gasteiger partial charge >= 0.3 is 7.60 Å².